The molecule has 0 bridgehead atoms. The summed E-state index contributed by atoms with van der Waals surface area (Å²) >= 11 is 0. The van der Waals surface area contributed by atoms with Gasteiger partial charge in [0.1, 0.15) is 17.0 Å². The molecule has 144 valence electrons. The minimum Gasteiger partial charge on any atom is -0.477 e. The molecule has 0 aliphatic rings. The summed E-state index contributed by atoms with van der Waals surface area (Å²) in [6.07, 6.45) is 1.46. The number of hydrogen-bond acceptors (Lipinski definition) is 5. The molecule has 1 heterocycles. The fourth-order valence-corrected chi connectivity index (χ4v) is 2.33. The van der Waals surface area contributed by atoms with Gasteiger partial charge in [0.25, 0.3) is 5.56 Å². The van der Waals surface area contributed by atoms with E-state index < -0.39 is 34.5 Å². The number of hydrogen-bond donors (Lipinski definition) is 2. The highest BCUT2D eigenvalue weighted by atomic mass is 19.1. The lowest BCUT2D eigenvalue weighted by Crippen LogP contribution is -2.26. The van der Waals surface area contributed by atoms with E-state index in [4.69, 9.17) is 4.74 Å². The Balaban J connectivity index is 2.24. The second kappa shape index (κ2) is 8.03. The third-order valence-electron chi connectivity index (χ3n) is 3.43. The normalized spacial score (nSPS) is 11.1. The number of ether oxygens (including phenoxy) is 1. The number of carbonyl (C=O) groups excluding carboxylic acids is 1. The van der Waals surface area contributed by atoms with Gasteiger partial charge in [-0.05, 0) is 51.1 Å². The molecule has 0 saturated heterocycles. The molecule has 8 heteroatoms. The standard InChI is InChI=1S/C19H21FN2O5/c1-19(2,3)27-16(23)8-9-21-13-10-15(18(25)26)17(24)22(11-13)14-6-4-12(20)5-7-14/h4-7,10-11,21H,8-9H2,1-3H3,(H,25,26). The number of nitrogens with zero attached hydrogens (tertiary/aromatic N) is 1. The van der Waals surface area contributed by atoms with E-state index in [-0.39, 0.29) is 13.0 Å². The Labute approximate surface area is 155 Å². The number of pyridine rings is 1. The molecule has 0 radical (unpaired) electrons. The van der Waals surface area contributed by atoms with Crippen molar-refractivity contribution in [2.45, 2.75) is 32.8 Å². The molecule has 0 aliphatic heterocycles. The van der Waals surface area contributed by atoms with Crippen LogP contribution in [0.25, 0.3) is 5.69 Å². The summed E-state index contributed by atoms with van der Waals surface area (Å²) < 4.78 is 19.4. The lowest BCUT2D eigenvalue weighted by atomic mass is 10.2. The summed E-state index contributed by atoms with van der Waals surface area (Å²) in [5, 5.41) is 12.2. The van der Waals surface area contributed by atoms with Gasteiger partial charge in [0.05, 0.1) is 12.1 Å². The smallest absolute Gasteiger partial charge is 0.341 e. The molecule has 0 aliphatic carbocycles. The lowest BCUT2D eigenvalue weighted by Gasteiger charge is -2.19. The average molecular weight is 376 g/mol. The minimum absolute atomic E-state index is 0.0648. The molecule has 2 N–H and O–H groups in total. The van der Waals surface area contributed by atoms with Crippen LogP contribution in [0.2, 0.25) is 0 Å². The van der Waals surface area contributed by atoms with Crippen molar-refractivity contribution in [3.8, 4) is 5.69 Å². The maximum absolute atomic E-state index is 13.1. The fraction of sp³-hybridized carbons (Fsp3) is 0.316. The highest BCUT2D eigenvalue weighted by molar-refractivity contribution is 5.88. The van der Waals surface area contributed by atoms with Crippen LogP contribution in [0.15, 0.2) is 41.3 Å². The number of aromatic carboxylic acids is 1. The maximum atomic E-state index is 13.1. The Bertz CT molecular complexity index is 898. The fourth-order valence-electron chi connectivity index (χ4n) is 2.33. The van der Waals surface area contributed by atoms with Crippen LogP contribution in [0.5, 0.6) is 0 Å². The molecule has 7 nitrogen and oxygen atoms in total. The second-order valence-electron chi connectivity index (χ2n) is 6.86. The van der Waals surface area contributed by atoms with E-state index in [9.17, 15) is 23.9 Å². The number of carboxylic acid groups (broad SMARTS) is 1. The highest BCUT2D eigenvalue weighted by Crippen LogP contribution is 2.14. The number of rotatable bonds is 6. The van der Waals surface area contributed by atoms with Crippen molar-refractivity contribution in [3.05, 3.63) is 58.3 Å². The van der Waals surface area contributed by atoms with Gasteiger partial charge in [-0.3, -0.25) is 14.2 Å². The Morgan fingerprint density at radius 1 is 1.22 bits per heavy atom. The second-order valence-corrected chi connectivity index (χ2v) is 6.86. The Hall–Kier alpha value is -3.16. The van der Waals surface area contributed by atoms with Gasteiger partial charge in [-0.15, -0.1) is 0 Å². The van der Waals surface area contributed by atoms with Gasteiger partial charge < -0.3 is 15.2 Å². The van der Waals surface area contributed by atoms with Crippen molar-refractivity contribution >= 4 is 17.6 Å². The zero-order valence-electron chi connectivity index (χ0n) is 15.3. The lowest BCUT2D eigenvalue weighted by molar-refractivity contribution is -0.154. The third kappa shape index (κ3) is 5.67. The number of anilines is 1. The number of aromatic nitrogens is 1. The van der Waals surface area contributed by atoms with Gasteiger partial charge in [0, 0.05) is 18.4 Å². The zero-order chi connectivity index (χ0) is 20.2. The molecule has 2 aromatic rings. The van der Waals surface area contributed by atoms with Crippen LogP contribution in [-0.4, -0.2) is 33.8 Å². The first-order valence-electron chi connectivity index (χ1n) is 8.28. The van der Waals surface area contributed by atoms with E-state index >= 15 is 0 Å². The number of carboxylic acids is 1. The number of benzene rings is 1. The minimum atomic E-state index is -1.38. The summed E-state index contributed by atoms with van der Waals surface area (Å²) in [5.41, 5.74) is -1.13. The first kappa shape index (κ1) is 20.2. The van der Waals surface area contributed by atoms with E-state index in [1.807, 2.05) is 0 Å². The van der Waals surface area contributed by atoms with E-state index in [0.717, 1.165) is 4.57 Å². The first-order chi connectivity index (χ1) is 12.6. The van der Waals surface area contributed by atoms with Gasteiger partial charge in [-0.25, -0.2) is 9.18 Å². The third-order valence-corrected chi connectivity index (χ3v) is 3.43. The number of nitrogens with one attached hydrogen (secondary N) is 1. The van der Waals surface area contributed by atoms with Gasteiger partial charge in [0.2, 0.25) is 0 Å². The molecule has 0 amide bonds. The Morgan fingerprint density at radius 2 is 1.85 bits per heavy atom. The summed E-state index contributed by atoms with van der Waals surface area (Å²) in [6.45, 7) is 5.47. The van der Waals surface area contributed by atoms with Crippen molar-refractivity contribution in [1.29, 1.82) is 0 Å². The topological polar surface area (TPSA) is 97.6 Å². The zero-order valence-corrected chi connectivity index (χ0v) is 15.3. The van der Waals surface area contributed by atoms with Crippen molar-refractivity contribution in [1.82, 2.24) is 4.57 Å². The summed E-state index contributed by atoms with van der Waals surface area (Å²) in [5.74, 6) is -2.26. The van der Waals surface area contributed by atoms with Crippen molar-refractivity contribution in [2.24, 2.45) is 0 Å². The molecule has 0 spiro atoms. The van der Waals surface area contributed by atoms with Crippen LogP contribution in [-0.2, 0) is 9.53 Å². The molecule has 2 rings (SSSR count). The van der Waals surface area contributed by atoms with Gasteiger partial charge in [-0.2, -0.15) is 0 Å². The van der Waals surface area contributed by atoms with Gasteiger partial charge in [-0.1, -0.05) is 0 Å². The maximum Gasteiger partial charge on any atom is 0.341 e. The summed E-state index contributed by atoms with van der Waals surface area (Å²) in [7, 11) is 0. The van der Waals surface area contributed by atoms with E-state index in [1.165, 1.54) is 36.5 Å². The summed E-state index contributed by atoms with van der Waals surface area (Å²) in [4.78, 5) is 35.5. The molecule has 0 atom stereocenters. The van der Waals surface area contributed by atoms with Crippen LogP contribution in [0.4, 0.5) is 10.1 Å². The predicted molar refractivity (Wildman–Crippen MR) is 97.9 cm³/mol. The first-order valence-corrected chi connectivity index (χ1v) is 8.28. The van der Waals surface area contributed by atoms with Crippen LogP contribution >= 0.6 is 0 Å². The van der Waals surface area contributed by atoms with E-state index in [1.54, 1.807) is 20.8 Å². The van der Waals surface area contributed by atoms with Crippen LogP contribution in [0.3, 0.4) is 0 Å². The predicted octanol–water partition coefficient (Wildman–Crippen LogP) is 2.82. The number of esters is 1. The van der Waals surface area contributed by atoms with Gasteiger partial charge in [0.15, 0.2) is 0 Å². The van der Waals surface area contributed by atoms with E-state index in [0.29, 0.717) is 11.4 Å². The average Bonchev–Trinajstić information content (AvgIpc) is 2.55. The SMILES string of the molecule is CC(C)(C)OC(=O)CCNc1cc(C(=O)O)c(=O)n(-c2ccc(F)cc2)c1. The molecular formula is C19H21FN2O5. The number of halogens is 1. The monoisotopic (exact) mass is 376 g/mol. The van der Waals surface area contributed by atoms with Gasteiger partial charge >= 0.3 is 11.9 Å². The largest absolute Gasteiger partial charge is 0.477 e. The molecule has 1 aromatic carbocycles. The van der Waals surface area contributed by atoms with Crippen molar-refractivity contribution in [2.75, 3.05) is 11.9 Å². The molecule has 0 fully saturated rings. The number of carbonyl (C=O) groups is 2. The van der Waals surface area contributed by atoms with Crippen LogP contribution in [0.1, 0.15) is 37.6 Å². The van der Waals surface area contributed by atoms with Crippen LogP contribution in [0, 0.1) is 5.82 Å². The summed E-state index contributed by atoms with van der Waals surface area (Å²) in [6, 6.07) is 6.27. The highest BCUT2D eigenvalue weighted by Gasteiger charge is 2.17. The molecule has 0 saturated carbocycles. The van der Waals surface area contributed by atoms with Crippen molar-refractivity contribution < 1.29 is 23.8 Å². The van der Waals surface area contributed by atoms with E-state index in [2.05, 4.69) is 5.32 Å². The van der Waals surface area contributed by atoms with Crippen molar-refractivity contribution in [3.63, 3.8) is 0 Å². The molecule has 27 heavy (non-hydrogen) atoms. The quantitative estimate of drug-likeness (QED) is 0.753. The van der Waals surface area contributed by atoms with Crippen LogP contribution < -0.4 is 10.9 Å². The molecule has 0 unspecified atom stereocenters. The Morgan fingerprint density at radius 3 is 2.41 bits per heavy atom. The molecule has 1 aromatic heterocycles. The Kier molecular flexibility index (Phi) is 5.99. The molecular weight excluding hydrogens is 355 g/mol.